The molecule has 8 heteroatoms. The lowest BCUT2D eigenvalue weighted by atomic mass is 10.2. The van der Waals surface area contributed by atoms with Crippen LogP contribution in [0.4, 0.5) is 0 Å². The van der Waals surface area contributed by atoms with Crippen molar-refractivity contribution in [3.8, 4) is 0 Å². The fraction of sp³-hybridized carbons (Fsp3) is 0.211. The SMILES string of the molecule is Cc1nn([C@@H](C)C(=O)NCc2cccc(Br)c2)c(=O)c2cc3occc3n12. The Bertz CT molecular complexity index is 1220. The van der Waals surface area contributed by atoms with Gasteiger partial charge < -0.3 is 9.73 Å². The zero-order valence-corrected chi connectivity index (χ0v) is 16.4. The predicted octanol–water partition coefficient (Wildman–Crippen LogP) is 3.19. The van der Waals surface area contributed by atoms with E-state index < -0.39 is 6.04 Å². The second kappa shape index (κ2) is 6.70. The van der Waals surface area contributed by atoms with E-state index in [-0.39, 0.29) is 11.5 Å². The molecule has 7 nitrogen and oxygen atoms in total. The van der Waals surface area contributed by atoms with E-state index in [1.165, 1.54) is 4.68 Å². The van der Waals surface area contributed by atoms with Crippen LogP contribution in [0.3, 0.4) is 0 Å². The first-order valence-electron chi connectivity index (χ1n) is 8.46. The largest absolute Gasteiger partial charge is 0.463 e. The fourth-order valence-corrected chi connectivity index (χ4v) is 3.60. The van der Waals surface area contributed by atoms with Crippen molar-refractivity contribution in [1.82, 2.24) is 19.5 Å². The molecule has 138 valence electrons. The van der Waals surface area contributed by atoms with Gasteiger partial charge in [-0.05, 0) is 31.5 Å². The number of amides is 1. The Kier molecular flexibility index (Phi) is 4.35. The molecule has 0 bridgehead atoms. The summed E-state index contributed by atoms with van der Waals surface area (Å²) >= 11 is 3.41. The van der Waals surface area contributed by atoms with Crippen LogP contribution in [0.15, 0.2) is 56.3 Å². The van der Waals surface area contributed by atoms with Crippen LogP contribution in [0.2, 0.25) is 0 Å². The van der Waals surface area contributed by atoms with Crippen molar-refractivity contribution in [1.29, 1.82) is 0 Å². The van der Waals surface area contributed by atoms with E-state index in [1.807, 2.05) is 24.3 Å². The molecule has 3 aromatic heterocycles. The number of furan rings is 1. The third-order valence-corrected chi connectivity index (χ3v) is 5.02. The molecule has 0 aliphatic rings. The zero-order chi connectivity index (χ0) is 19.1. The average molecular weight is 429 g/mol. The van der Waals surface area contributed by atoms with Gasteiger partial charge >= 0.3 is 0 Å². The van der Waals surface area contributed by atoms with Crippen LogP contribution in [0.1, 0.15) is 24.4 Å². The quantitative estimate of drug-likeness (QED) is 0.540. The van der Waals surface area contributed by atoms with E-state index in [0.717, 1.165) is 15.6 Å². The Hall–Kier alpha value is -2.87. The fourth-order valence-electron chi connectivity index (χ4n) is 3.15. The van der Waals surface area contributed by atoms with Crippen molar-refractivity contribution in [2.24, 2.45) is 0 Å². The molecule has 0 fully saturated rings. The highest BCUT2D eigenvalue weighted by molar-refractivity contribution is 9.10. The van der Waals surface area contributed by atoms with Crippen molar-refractivity contribution in [3.63, 3.8) is 0 Å². The minimum absolute atomic E-state index is 0.274. The number of aromatic nitrogens is 3. The van der Waals surface area contributed by atoms with E-state index in [9.17, 15) is 9.59 Å². The van der Waals surface area contributed by atoms with Crippen LogP contribution in [0, 0.1) is 6.92 Å². The third kappa shape index (κ3) is 3.06. The Morgan fingerprint density at radius 1 is 1.30 bits per heavy atom. The molecule has 0 aliphatic heterocycles. The van der Waals surface area contributed by atoms with Gasteiger partial charge in [0, 0.05) is 23.2 Å². The van der Waals surface area contributed by atoms with Crippen LogP contribution in [-0.4, -0.2) is 20.1 Å². The molecular formula is C19H17BrN4O3. The van der Waals surface area contributed by atoms with Crippen molar-refractivity contribution >= 4 is 38.5 Å². The average Bonchev–Trinajstić information content (AvgIpc) is 3.23. The number of aryl methyl sites for hydroxylation is 1. The first-order chi connectivity index (χ1) is 13.0. The van der Waals surface area contributed by atoms with E-state index in [1.54, 1.807) is 36.6 Å². The lowest BCUT2D eigenvalue weighted by Crippen LogP contribution is -2.38. The summed E-state index contributed by atoms with van der Waals surface area (Å²) in [6.07, 6.45) is 1.57. The van der Waals surface area contributed by atoms with Gasteiger partial charge in [0.05, 0.1) is 11.8 Å². The standard InChI is InChI=1S/C19H17BrN4O3/c1-11(18(25)21-10-13-4-3-5-14(20)8-13)24-19(26)16-9-17-15(6-7-27-17)23(16)12(2)22-24/h3-9,11H,10H2,1-2H3,(H,21,25)/t11-/m0/s1. The highest BCUT2D eigenvalue weighted by Crippen LogP contribution is 2.20. The van der Waals surface area contributed by atoms with Gasteiger partial charge in [0.2, 0.25) is 5.91 Å². The highest BCUT2D eigenvalue weighted by Gasteiger charge is 2.21. The van der Waals surface area contributed by atoms with Gasteiger partial charge in [-0.3, -0.25) is 14.0 Å². The van der Waals surface area contributed by atoms with Gasteiger partial charge in [0.25, 0.3) is 5.56 Å². The van der Waals surface area contributed by atoms with Crippen molar-refractivity contribution in [2.45, 2.75) is 26.4 Å². The first-order valence-corrected chi connectivity index (χ1v) is 9.25. The van der Waals surface area contributed by atoms with E-state index in [4.69, 9.17) is 4.42 Å². The predicted molar refractivity (Wildman–Crippen MR) is 105 cm³/mol. The summed E-state index contributed by atoms with van der Waals surface area (Å²) in [6.45, 7) is 3.83. The van der Waals surface area contributed by atoms with Gasteiger partial charge in [-0.1, -0.05) is 28.1 Å². The number of rotatable bonds is 4. The second-order valence-corrected chi connectivity index (χ2v) is 7.27. The molecular weight excluding hydrogens is 412 g/mol. The number of carbonyl (C=O) groups is 1. The molecule has 27 heavy (non-hydrogen) atoms. The summed E-state index contributed by atoms with van der Waals surface area (Å²) in [5.41, 5.74) is 2.46. The van der Waals surface area contributed by atoms with E-state index in [2.05, 4.69) is 26.3 Å². The molecule has 0 saturated carbocycles. The number of hydrogen-bond donors (Lipinski definition) is 1. The smallest absolute Gasteiger partial charge is 0.291 e. The number of nitrogens with zero attached hydrogens (tertiary/aromatic N) is 3. The Morgan fingerprint density at radius 2 is 2.11 bits per heavy atom. The first kappa shape index (κ1) is 17.5. The third-order valence-electron chi connectivity index (χ3n) is 4.53. The number of benzene rings is 1. The Morgan fingerprint density at radius 3 is 2.89 bits per heavy atom. The van der Waals surface area contributed by atoms with Crippen LogP contribution in [0.5, 0.6) is 0 Å². The molecule has 0 saturated heterocycles. The number of fused-ring (bicyclic) bond motifs is 3. The summed E-state index contributed by atoms with van der Waals surface area (Å²) in [6, 6.07) is 10.4. The van der Waals surface area contributed by atoms with Crippen molar-refractivity contribution < 1.29 is 9.21 Å². The topological polar surface area (TPSA) is 81.5 Å². The van der Waals surface area contributed by atoms with Gasteiger partial charge in [0.1, 0.15) is 17.4 Å². The second-order valence-electron chi connectivity index (χ2n) is 6.36. The van der Waals surface area contributed by atoms with Crippen LogP contribution in [-0.2, 0) is 11.3 Å². The molecule has 1 atom stereocenters. The minimum Gasteiger partial charge on any atom is -0.463 e. The van der Waals surface area contributed by atoms with Crippen LogP contribution in [0.25, 0.3) is 16.6 Å². The highest BCUT2D eigenvalue weighted by atomic mass is 79.9. The molecule has 0 spiro atoms. The number of carbonyl (C=O) groups excluding carboxylic acids is 1. The van der Waals surface area contributed by atoms with E-state index in [0.29, 0.717) is 23.5 Å². The maximum atomic E-state index is 12.9. The van der Waals surface area contributed by atoms with Crippen molar-refractivity contribution in [3.05, 3.63) is 68.9 Å². The maximum absolute atomic E-state index is 12.9. The number of hydrogen-bond acceptors (Lipinski definition) is 4. The molecule has 0 aliphatic carbocycles. The van der Waals surface area contributed by atoms with Gasteiger partial charge in [-0.2, -0.15) is 5.10 Å². The molecule has 4 aromatic rings. The molecule has 1 amide bonds. The summed E-state index contributed by atoms with van der Waals surface area (Å²) < 4.78 is 9.28. The molecule has 3 heterocycles. The molecule has 1 N–H and O–H groups in total. The maximum Gasteiger partial charge on any atom is 0.291 e. The Labute approximate surface area is 162 Å². The summed E-state index contributed by atoms with van der Waals surface area (Å²) in [7, 11) is 0. The zero-order valence-electron chi connectivity index (χ0n) is 14.8. The van der Waals surface area contributed by atoms with Crippen molar-refractivity contribution in [2.75, 3.05) is 0 Å². The number of halogens is 1. The lowest BCUT2D eigenvalue weighted by Gasteiger charge is -2.15. The van der Waals surface area contributed by atoms with E-state index >= 15 is 0 Å². The summed E-state index contributed by atoms with van der Waals surface area (Å²) in [4.78, 5) is 25.4. The monoisotopic (exact) mass is 428 g/mol. The Balaban J connectivity index is 1.63. The molecule has 0 radical (unpaired) electrons. The molecule has 1 aromatic carbocycles. The summed E-state index contributed by atoms with van der Waals surface area (Å²) in [5.74, 6) is 0.330. The van der Waals surface area contributed by atoms with Gasteiger partial charge in [-0.15, -0.1) is 0 Å². The molecule has 4 rings (SSSR count). The lowest BCUT2D eigenvalue weighted by molar-refractivity contribution is -0.124. The minimum atomic E-state index is -0.741. The molecule has 0 unspecified atom stereocenters. The van der Waals surface area contributed by atoms with Crippen LogP contribution < -0.4 is 10.9 Å². The summed E-state index contributed by atoms with van der Waals surface area (Å²) in [5, 5.41) is 7.21. The van der Waals surface area contributed by atoms with Gasteiger partial charge in [0.15, 0.2) is 5.58 Å². The van der Waals surface area contributed by atoms with Gasteiger partial charge in [-0.25, -0.2) is 4.68 Å². The van der Waals surface area contributed by atoms with Crippen LogP contribution >= 0.6 is 15.9 Å². The number of nitrogens with one attached hydrogen (secondary N) is 1. The normalized spacial score (nSPS) is 12.6.